The van der Waals surface area contributed by atoms with Crippen LogP contribution < -0.4 is 11.1 Å². The van der Waals surface area contributed by atoms with Crippen molar-refractivity contribution in [2.75, 3.05) is 0 Å². The maximum absolute atomic E-state index is 13.5. The molecule has 238 valence electrons. The number of hydrogen-bond acceptors (Lipinski definition) is 6. The Balaban J connectivity index is 1.20. The Kier molecular flexibility index (Phi) is 9.33. The third-order valence-electron chi connectivity index (χ3n) is 12.9. The van der Waals surface area contributed by atoms with E-state index >= 15 is 0 Å². The zero-order valence-electron chi connectivity index (χ0n) is 26.9. The van der Waals surface area contributed by atoms with Crippen LogP contribution in [0.3, 0.4) is 0 Å². The van der Waals surface area contributed by atoms with Gasteiger partial charge < -0.3 is 20.9 Å². The van der Waals surface area contributed by atoms with Crippen molar-refractivity contribution in [2.24, 2.45) is 52.1 Å². The molecular weight excluding hydrogens is 540 g/mol. The zero-order valence-corrected chi connectivity index (χ0v) is 26.9. The van der Waals surface area contributed by atoms with Crippen molar-refractivity contribution in [3.63, 3.8) is 0 Å². The number of aromatic hydroxyl groups is 1. The molecule has 0 aromatic heterocycles. The van der Waals surface area contributed by atoms with Crippen LogP contribution in [0.5, 0.6) is 5.75 Å². The average Bonchev–Trinajstić information content (AvgIpc) is 3.34. The summed E-state index contributed by atoms with van der Waals surface area (Å²) in [6.07, 6.45) is 10.8. The van der Waals surface area contributed by atoms with Crippen LogP contribution in [0.25, 0.3) is 0 Å². The molecule has 4 fully saturated rings. The minimum absolute atomic E-state index is 0.0802. The second kappa shape index (κ2) is 12.5. The van der Waals surface area contributed by atoms with Crippen LogP contribution >= 0.6 is 0 Å². The molecule has 0 bridgehead atoms. The molecule has 5 rings (SSSR count). The number of rotatable bonds is 9. The van der Waals surface area contributed by atoms with E-state index in [-0.39, 0.29) is 46.4 Å². The molecule has 4 N–H and O–H groups in total. The first kappa shape index (κ1) is 32.0. The van der Waals surface area contributed by atoms with Crippen LogP contribution in [-0.4, -0.2) is 41.0 Å². The number of fused-ring (bicyclic) bond motifs is 5. The van der Waals surface area contributed by atoms with Crippen LogP contribution in [0.2, 0.25) is 0 Å². The number of Topliss-reactive ketones (excluding diaryl/α,β-unsaturated/α-hetero) is 1. The second-order valence-corrected chi connectivity index (χ2v) is 15.1. The Morgan fingerprint density at radius 1 is 1.00 bits per heavy atom. The molecule has 1 aromatic rings. The van der Waals surface area contributed by atoms with Gasteiger partial charge >= 0.3 is 5.97 Å². The highest BCUT2D eigenvalue weighted by Gasteiger charge is 2.61. The van der Waals surface area contributed by atoms with Gasteiger partial charge in [0.25, 0.3) is 0 Å². The van der Waals surface area contributed by atoms with Gasteiger partial charge in [0, 0.05) is 5.92 Å². The summed E-state index contributed by atoms with van der Waals surface area (Å²) in [6.45, 7) is 10.7. The van der Waals surface area contributed by atoms with Crippen LogP contribution in [0.1, 0.15) is 104 Å². The Morgan fingerprint density at radius 2 is 1.67 bits per heavy atom. The van der Waals surface area contributed by atoms with Gasteiger partial charge in [-0.3, -0.25) is 9.59 Å². The normalized spacial score (nSPS) is 37.2. The maximum Gasteiger partial charge on any atom is 0.329 e. The van der Waals surface area contributed by atoms with Crippen molar-refractivity contribution in [3.05, 3.63) is 29.8 Å². The number of carbonyl (C=O) groups is 3. The van der Waals surface area contributed by atoms with E-state index in [4.69, 9.17) is 10.5 Å². The first-order valence-electron chi connectivity index (χ1n) is 16.9. The largest absolute Gasteiger partial charge is 0.508 e. The summed E-state index contributed by atoms with van der Waals surface area (Å²) in [4.78, 5) is 39.1. The van der Waals surface area contributed by atoms with Crippen LogP contribution in [0.4, 0.5) is 0 Å². The van der Waals surface area contributed by atoms with E-state index in [0.717, 1.165) is 44.1 Å². The fraction of sp³-hybridized carbons (Fsp3) is 0.750. The van der Waals surface area contributed by atoms with Gasteiger partial charge in [-0.15, -0.1) is 0 Å². The highest BCUT2D eigenvalue weighted by Crippen LogP contribution is 2.67. The molecule has 4 aliphatic carbocycles. The highest BCUT2D eigenvalue weighted by atomic mass is 16.5. The first-order valence-corrected chi connectivity index (χ1v) is 16.9. The van der Waals surface area contributed by atoms with Crippen molar-refractivity contribution in [1.82, 2.24) is 5.32 Å². The molecule has 0 aliphatic heterocycles. The zero-order chi connectivity index (χ0) is 31.1. The van der Waals surface area contributed by atoms with Gasteiger partial charge in [0.1, 0.15) is 23.7 Å². The number of phenols is 1. The van der Waals surface area contributed by atoms with Crippen molar-refractivity contribution in [2.45, 2.75) is 123 Å². The van der Waals surface area contributed by atoms with Crippen LogP contribution in [0.15, 0.2) is 24.3 Å². The van der Waals surface area contributed by atoms with E-state index in [1.165, 1.54) is 25.7 Å². The van der Waals surface area contributed by atoms with Crippen molar-refractivity contribution in [1.29, 1.82) is 0 Å². The molecule has 11 atom stereocenters. The quantitative estimate of drug-likeness (QED) is 0.304. The van der Waals surface area contributed by atoms with Gasteiger partial charge in [0.15, 0.2) is 0 Å². The van der Waals surface area contributed by atoms with E-state index in [1.807, 2.05) is 13.8 Å². The lowest BCUT2D eigenvalue weighted by molar-refractivity contribution is -0.167. The van der Waals surface area contributed by atoms with E-state index in [1.54, 1.807) is 31.2 Å². The summed E-state index contributed by atoms with van der Waals surface area (Å²) in [5, 5.41) is 12.4. The Hall–Kier alpha value is -2.41. The number of nitrogens with two attached hydrogens (primary N) is 1. The van der Waals surface area contributed by atoms with Gasteiger partial charge in [-0.1, -0.05) is 46.2 Å². The van der Waals surface area contributed by atoms with E-state index in [9.17, 15) is 19.5 Å². The van der Waals surface area contributed by atoms with E-state index < -0.39 is 12.1 Å². The lowest BCUT2D eigenvalue weighted by Gasteiger charge is -2.61. The van der Waals surface area contributed by atoms with Gasteiger partial charge in [0.2, 0.25) is 5.91 Å². The Labute approximate surface area is 258 Å². The van der Waals surface area contributed by atoms with Crippen LogP contribution in [0, 0.1) is 46.3 Å². The predicted octanol–water partition coefficient (Wildman–Crippen LogP) is 5.95. The van der Waals surface area contributed by atoms with Crippen LogP contribution in [-0.2, 0) is 25.5 Å². The van der Waals surface area contributed by atoms with E-state index in [0.29, 0.717) is 35.9 Å². The average molecular weight is 595 g/mol. The summed E-state index contributed by atoms with van der Waals surface area (Å²) in [6, 6.07) is 5.10. The molecule has 0 saturated heterocycles. The molecule has 7 nitrogen and oxygen atoms in total. The number of carbonyl (C=O) groups excluding carboxylic acids is 3. The third-order valence-corrected chi connectivity index (χ3v) is 12.9. The highest BCUT2D eigenvalue weighted by molar-refractivity contribution is 5.87. The third kappa shape index (κ3) is 6.12. The summed E-state index contributed by atoms with van der Waals surface area (Å²) in [5.41, 5.74) is 7.50. The van der Waals surface area contributed by atoms with Gasteiger partial charge in [-0.2, -0.15) is 0 Å². The number of hydrogen-bond donors (Lipinski definition) is 3. The fourth-order valence-electron chi connectivity index (χ4n) is 10.1. The predicted molar refractivity (Wildman–Crippen MR) is 167 cm³/mol. The second-order valence-electron chi connectivity index (χ2n) is 15.1. The number of amides is 1. The molecule has 0 spiro atoms. The standard InChI is InChI=1S/C36H54N2O5/c1-6-21(2)32(38-33(41)31(37)19-23-7-10-25(40)11-8-23)34(42)43-26-15-17-35(4)24(20-26)9-12-27-29-14-13-28(22(3)39)36(29,5)18-16-30(27)35/h7-8,10-11,21,24,26-32,40H,6,9,12-20,37H2,1-5H3,(H,38,41)/t21?,24-,26+,27-,28+,29-,30-,31-,32-,35-,36+/m0/s1. The van der Waals surface area contributed by atoms with Crippen molar-refractivity contribution in [3.8, 4) is 5.75 Å². The number of nitrogens with one attached hydrogen (secondary N) is 1. The minimum Gasteiger partial charge on any atom is -0.508 e. The lowest BCUT2D eigenvalue weighted by Crippen LogP contribution is -2.55. The molecule has 1 unspecified atom stereocenters. The van der Waals surface area contributed by atoms with Gasteiger partial charge in [0.05, 0.1) is 6.04 Å². The molecule has 0 radical (unpaired) electrons. The molecule has 0 heterocycles. The van der Waals surface area contributed by atoms with Gasteiger partial charge in [-0.25, -0.2) is 4.79 Å². The number of phenolic OH excluding ortho intramolecular Hbond substituents is 1. The number of benzene rings is 1. The Morgan fingerprint density at radius 3 is 2.35 bits per heavy atom. The summed E-state index contributed by atoms with van der Waals surface area (Å²) >= 11 is 0. The fourth-order valence-corrected chi connectivity index (χ4v) is 10.1. The number of ketones is 1. The molecule has 43 heavy (non-hydrogen) atoms. The summed E-state index contributed by atoms with van der Waals surface area (Å²) in [5.74, 6) is 2.58. The number of ether oxygens (including phenoxy) is 1. The minimum atomic E-state index is -0.808. The topological polar surface area (TPSA) is 119 Å². The van der Waals surface area contributed by atoms with Crippen molar-refractivity contribution >= 4 is 17.7 Å². The molecule has 4 saturated carbocycles. The molecule has 1 aromatic carbocycles. The summed E-state index contributed by atoms with van der Waals surface area (Å²) < 4.78 is 6.18. The lowest BCUT2D eigenvalue weighted by atomic mass is 9.44. The molecule has 4 aliphatic rings. The summed E-state index contributed by atoms with van der Waals surface area (Å²) in [7, 11) is 0. The monoisotopic (exact) mass is 594 g/mol. The van der Waals surface area contributed by atoms with Crippen molar-refractivity contribution < 1.29 is 24.2 Å². The Bertz CT molecular complexity index is 1180. The molecular formula is C36H54N2O5. The SMILES string of the molecule is CCC(C)[C@H](NC(=O)[C@@H](N)Cc1ccc(O)cc1)C(=O)O[C@@H]1CC[C@@]2(C)[C@@H](CC[C@@H]3[C@@H]2CC[C@]2(C)[C@@H](C(C)=O)CC[C@@H]32)C1. The maximum atomic E-state index is 13.5. The van der Waals surface area contributed by atoms with E-state index in [2.05, 4.69) is 19.2 Å². The first-order chi connectivity index (χ1) is 20.4. The smallest absolute Gasteiger partial charge is 0.329 e. The number of esters is 1. The molecule has 7 heteroatoms. The molecule has 1 amide bonds. The van der Waals surface area contributed by atoms with Gasteiger partial charge in [-0.05, 0) is 129 Å².